The minimum absolute atomic E-state index is 0.314. The molecule has 2 aliphatic heterocycles. The van der Waals surface area contributed by atoms with Crippen molar-refractivity contribution in [2.45, 2.75) is 53.0 Å². The predicted molar refractivity (Wildman–Crippen MR) is 159 cm³/mol. The Labute approximate surface area is 238 Å². The van der Waals surface area contributed by atoms with Gasteiger partial charge >= 0.3 is 6.01 Å². The molecule has 6 rings (SSSR count). The number of hydrogen-bond acceptors (Lipinski definition) is 7. The number of nitrogens with zero attached hydrogens (tertiary/aromatic N) is 3. The van der Waals surface area contributed by atoms with Crippen LogP contribution in [0.4, 0.5) is 0 Å². The van der Waals surface area contributed by atoms with Crippen LogP contribution in [0.2, 0.25) is 0 Å². The van der Waals surface area contributed by atoms with Gasteiger partial charge in [0.25, 0.3) is 0 Å². The molecule has 3 aromatic rings. The summed E-state index contributed by atoms with van der Waals surface area (Å²) in [5.74, 6) is 3.34. The second kappa shape index (κ2) is 13.2. The van der Waals surface area contributed by atoms with E-state index in [-0.39, 0.29) is 0 Å². The van der Waals surface area contributed by atoms with Gasteiger partial charge in [-0.1, -0.05) is 50.6 Å². The molecule has 7 heteroatoms. The van der Waals surface area contributed by atoms with Gasteiger partial charge in [-0.15, -0.1) is 0 Å². The number of hydrogen-bond donors (Lipinski definition) is 1. The average molecular weight is 543 g/mol. The number of piperidine rings is 1. The van der Waals surface area contributed by atoms with E-state index in [4.69, 9.17) is 14.2 Å². The van der Waals surface area contributed by atoms with Crippen molar-refractivity contribution in [1.82, 2.24) is 20.2 Å². The molecule has 2 aromatic carbocycles. The lowest BCUT2D eigenvalue weighted by atomic mass is 9.97. The number of fused-ring (bicyclic) bond motifs is 1. The predicted octanol–water partition coefficient (Wildman–Crippen LogP) is 6.30. The first-order valence-corrected chi connectivity index (χ1v) is 14.5. The zero-order chi connectivity index (χ0) is 27.9. The Morgan fingerprint density at radius 1 is 1.00 bits per heavy atom. The van der Waals surface area contributed by atoms with Crippen molar-refractivity contribution < 1.29 is 14.2 Å². The second-order valence-electron chi connectivity index (χ2n) is 11.4. The standard InChI is InChI=1S/C29H34N4O3.C4H8/c1-20-6-8-25(11-21(20)2)26-14-31-29(32-15-26)34-18-22(3)30-13-24-5-4-10-33(17-24)16-23-7-9-27-28(12-23)36-19-35-27;1-4-2-3-4/h6-9,11-12,14-15,24,30H,3-5,10,13,16-19H2,1-2H3;4H,2-3H2,1H3. The minimum atomic E-state index is 0.314. The average Bonchev–Trinajstić information content (AvgIpc) is 3.61. The van der Waals surface area contributed by atoms with Crippen molar-refractivity contribution in [2.75, 3.05) is 33.0 Å². The maximum atomic E-state index is 5.76. The van der Waals surface area contributed by atoms with Crippen LogP contribution in [0.5, 0.6) is 17.5 Å². The highest BCUT2D eigenvalue weighted by Gasteiger charge is 2.21. The highest BCUT2D eigenvalue weighted by Crippen LogP contribution is 2.33. The van der Waals surface area contributed by atoms with Gasteiger partial charge < -0.3 is 19.5 Å². The summed E-state index contributed by atoms with van der Waals surface area (Å²) in [6.45, 7) is 15.3. The molecule has 1 aromatic heterocycles. The fourth-order valence-corrected chi connectivity index (χ4v) is 4.88. The summed E-state index contributed by atoms with van der Waals surface area (Å²) in [5, 5.41) is 3.45. The van der Waals surface area contributed by atoms with Gasteiger partial charge in [-0.25, -0.2) is 9.97 Å². The molecule has 7 nitrogen and oxygen atoms in total. The first kappa shape index (κ1) is 28.0. The SMILES string of the molecule is C=C(COc1ncc(-c2ccc(C)c(C)c2)cn1)NCC1CCCN(Cc2ccc3c(c2)OCO3)C1.CC1CC1. The van der Waals surface area contributed by atoms with E-state index in [0.717, 1.165) is 60.4 Å². The molecule has 1 unspecified atom stereocenters. The summed E-state index contributed by atoms with van der Waals surface area (Å²) in [6.07, 6.45) is 8.99. The monoisotopic (exact) mass is 542 g/mol. The van der Waals surface area contributed by atoms with E-state index in [0.29, 0.717) is 25.3 Å². The Hall–Kier alpha value is -3.58. The van der Waals surface area contributed by atoms with E-state index in [1.807, 2.05) is 6.07 Å². The first-order chi connectivity index (χ1) is 19.4. The van der Waals surface area contributed by atoms with Crippen LogP contribution in [-0.2, 0) is 6.54 Å². The molecular formula is C33H42N4O3. The molecule has 40 heavy (non-hydrogen) atoms. The maximum absolute atomic E-state index is 5.76. The molecule has 1 aliphatic carbocycles. The Morgan fingerprint density at radius 2 is 1.77 bits per heavy atom. The molecule has 1 N–H and O–H groups in total. The van der Waals surface area contributed by atoms with Crippen LogP contribution in [0.1, 0.15) is 49.3 Å². The summed E-state index contributed by atoms with van der Waals surface area (Å²) in [5.41, 5.74) is 6.71. The van der Waals surface area contributed by atoms with Gasteiger partial charge in [0, 0.05) is 43.3 Å². The Bertz CT molecular complexity index is 1290. The number of benzene rings is 2. The van der Waals surface area contributed by atoms with Crippen LogP contribution in [0, 0.1) is 25.7 Å². The number of aromatic nitrogens is 2. The van der Waals surface area contributed by atoms with Crippen LogP contribution in [-0.4, -0.2) is 47.9 Å². The topological polar surface area (TPSA) is 68.7 Å². The molecule has 1 saturated heterocycles. The van der Waals surface area contributed by atoms with Gasteiger partial charge in [0.15, 0.2) is 11.5 Å². The van der Waals surface area contributed by atoms with Crippen molar-refractivity contribution in [3.63, 3.8) is 0 Å². The molecule has 0 bridgehead atoms. The zero-order valence-corrected chi connectivity index (χ0v) is 24.1. The molecule has 0 amide bonds. The Kier molecular flexibility index (Phi) is 9.22. The lowest BCUT2D eigenvalue weighted by molar-refractivity contribution is 0.165. The van der Waals surface area contributed by atoms with E-state index < -0.39 is 0 Å². The van der Waals surface area contributed by atoms with Gasteiger partial charge in [-0.3, -0.25) is 4.90 Å². The third-order valence-corrected chi connectivity index (χ3v) is 7.80. The number of rotatable bonds is 9. The van der Waals surface area contributed by atoms with Crippen molar-refractivity contribution >= 4 is 0 Å². The smallest absolute Gasteiger partial charge is 0.316 e. The van der Waals surface area contributed by atoms with Gasteiger partial charge in [0.1, 0.15) is 6.61 Å². The Balaban J connectivity index is 0.000000741. The summed E-state index contributed by atoms with van der Waals surface area (Å²) in [6, 6.07) is 13.0. The van der Waals surface area contributed by atoms with E-state index in [9.17, 15) is 0 Å². The van der Waals surface area contributed by atoms with Crippen molar-refractivity contribution in [3.8, 4) is 28.6 Å². The van der Waals surface area contributed by atoms with Crippen LogP contribution in [0.15, 0.2) is 61.1 Å². The number of ether oxygens (including phenoxy) is 3. The Morgan fingerprint density at radius 3 is 2.52 bits per heavy atom. The number of likely N-dealkylation sites (tertiary alicyclic amines) is 1. The molecule has 0 spiro atoms. The molecule has 3 heterocycles. The van der Waals surface area contributed by atoms with Gasteiger partial charge in [-0.2, -0.15) is 0 Å². The van der Waals surface area contributed by atoms with Crippen molar-refractivity contribution in [3.05, 3.63) is 77.8 Å². The summed E-state index contributed by atoms with van der Waals surface area (Å²) >= 11 is 0. The fourth-order valence-electron chi connectivity index (χ4n) is 4.88. The van der Waals surface area contributed by atoms with E-state index in [2.05, 4.69) is 77.9 Å². The van der Waals surface area contributed by atoms with E-state index in [1.54, 1.807) is 12.4 Å². The molecule has 1 saturated carbocycles. The normalized spacial score (nSPS) is 18.0. The largest absolute Gasteiger partial charge is 0.457 e. The highest BCUT2D eigenvalue weighted by molar-refractivity contribution is 5.63. The molecule has 3 aliphatic rings. The summed E-state index contributed by atoms with van der Waals surface area (Å²) in [7, 11) is 0. The quantitative estimate of drug-likeness (QED) is 0.340. The second-order valence-corrected chi connectivity index (χ2v) is 11.4. The van der Waals surface area contributed by atoms with Crippen molar-refractivity contribution in [2.24, 2.45) is 11.8 Å². The van der Waals surface area contributed by atoms with E-state index >= 15 is 0 Å². The van der Waals surface area contributed by atoms with Gasteiger partial charge in [0.05, 0.1) is 0 Å². The lowest BCUT2D eigenvalue weighted by Crippen LogP contribution is -2.39. The third kappa shape index (κ3) is 7.98. The summed E-state index contributed by atoms with van der Waals surface area (Å²) < 4.78 is 16.7. The van der Waals surface area contributed by atoms with Crippen LogP contribution in [0.3, 0.4) is 0 Å². The maximum Gasteiger partial charge on any atom is 0.316 e. The van der Waals surface area contributed by atoms with Crippen LogP contribution < -0.4 is 19.5 Å². The molecule has 2 fully saturated rings. The van der Waals surface area contributed by atoms with Gasteiger partial charge in [-0.05, 0) is 79.5 Å². The highest BCUT2D eigenvalue weighted by atomic mass is 16.7. The van der Waals surface area contributed by atoms with Crippen LogP contribution in [0.25, 0.3) is 11.1 Å². The molecular weight excluding hydrogens is 500 g/mol. The third-order valence-electron chi connectivity index (χ3n) is 7.80. The minimum Gasteiger partial charge on any atom is -0.457 e. The van der Waals surface area contributed by atoms with Crippen LogP contribution >= 0.6 is 0 Å². The number of aryl methyl sites for hydroxylation is 2. The van der Waals surface area contributed by atoms with Crippen molar-refractivity contribution in [1.29, 1.82) is 0 Å². The van der Waals surface area contributed by atoms with E-state index in [1.165, 1.54) is 42.4 Å². The summed E-state index contributed by atoms with van der Waals surface area (Å²) in [4.78, 5) is 11.3. The number of nitrogens with one attached hydrogen (secondary N) is 1. The molecule has 0 radical (unpaired) electrons. The molecule has 212 valence electrons. The zero-order valence-electron chi connectivity index (χ0n) is 24.1. The van der Waals surface area contributed by atoms with Gasteiger partial charge in [0.2, 0.25) is 6.79 Å². The first-order valence-electron chi connectivity index (χ1n) is 14.5. The fraction of sp³-hybridized carbons (Fsp3) is 0.455. The molecule has 1 atom stereocenters. The lowest BCUT2D eigenvalue weighted by Gasteiger charge is -2.33.